The fraction of sp³-hybridized carbons (Fsp3) is 0.643. The molecule has 2 fully saturated rings. The summed E-state index contributed by atoms with van der Waals surface area (Å²) < 4.78 is 0. The van der Waals surface area contributed by atoms with Gasteiger partial charge in [-0.1, -0.05) is 69.6 Å². The van der Waals surface area contributed by atoms with Crippen LogP contribution in [-0.2, 0) is 0 Å². The maximum Gasteiger partial charge on any atom is 0.0249 e. The van der Waals surface area contributed by atoms with Crippen LogP contribution in [0.4, 0.5) is 0 Å². The van der Waals surface area contributed by atoms with Gasteiger partial charge in [0.2, 0.25) is 0 Å². The van der Waals surface area contributed by atoms with Crippen molar-refractivity contribution in [3.63, 3.8) is 0 Å². The summed E-state index contributed by atoms with van der Waals surface area (Å²) in [5, 5.41) is 0. The highest BCUT2D eigenvalue weighted by atomic mass is 14.3. The Morgan fingerprint density at radius 2 is 1.36 bits per heavy atom. The second kappa shape index (κ2) is 11.5. The van der Waals surface area contributed by atoms with Gasteiger partial charge in [-0.15, -0.1) is 0 Å². The van der Waals surface area contributed by atoms with Crippen LogP contribution in [0.5, 0.6) is 0 Å². The van der Waals surface area contributed by atoms with Crippen LogP contribution in [0.1, 0.15) is 108 Å². The molecule has 0 spiro atoms. The van der Waals surface area contributed by atoms with Gasteiger partial charge in [-0.3, -0.25) is 0 Å². The zero-order valence-electron chi connectivity index (χ0n) is 18.3. The van der Waals surface area contributed by atoms with Gasteiger partial charge in [-0.05, 0) is 98.8 Å². The van der Waals surface area contributed by atoms with Crippen LogP contribution in [-0.4, -0.2) is 0 Å². The largest absolute Gasteiger partial charge is 0.0730 e. The van der Waals surface area contributed by atoms with E-state index in [0.717, 1.165) is 29.2 Å². The molecule has 0 nitrogen and oxygen atoms in total. The van der Waals surface area contributed by atoms with Gasteiger partial charge in [0.25, 0.3) is 0 Å². The summed E-state index contributed by atoms with van der Waals surface area (Å²) in [7, 11) is 0. The Labute approximate surface area is 174 Å². The Kier molecular flexibility index (Phi) is 8.72. The van der Waals surface area contributed by atoms with E-state index in [1.807, 2.05) is 0 Å². The molecule has 0 aromatic heterocycles. The van der Waals surface area contributed by atoms with Gasteiger partial charge >= 0.3 is 0 Å². The normalized spacial score (nSPS) is 28.1. The first-order valence-electron chi connectivity index (χ1n) is 12.1. The number of hydrogen-bond donors (Lipinski definition) is 0. The highest BCUT2D eigenvalue weighted by Crippen LogP contribution is 2.37. The molecular formula is C28H40. The van der Waals surface area contributed by atoms with E-state index in [1.165, 1.54) is 82.6 Å². The summed E-state index contributed by atoms with van der Waals surface area (Å²) in [6.45, 7) is 4.63. The lowest BCUT2D eigenvalue weighted by Crippen LogP contribution is -2.13. The minimum atomic E-state index is 0.757. The SMILES string of the molecule is CCC[C@H]1CC[C@H](/C=C/C#Cc2ccc([C@H]3CC[C@H](CCC)CC3)cc2)CC1. The quantitative estimate of drug-likeness (QED) is 0.438. The van der Waals surface area contributed by atoms with Crippen molar-refractivity contribution in [3.05, 3.63) is 47.5 Å². The maximum absolute atomic E-state index is 3.33. The molecule has 0 unspecified atom stereocenters. The number of rotatable bonds is 6. The van der Waals surface area contributed by atoms with Crippen LogP contribution < -0.4 is 0 Å². The molecule has 0 amide bonds. The van der Waals surface area contributed by atoms with E-state index in [9.17, 15) is 0 Å². The molecular weight excluding hydrogens is 336 g/mol. The number of hydrogen-bond acceptors (Lipinski definition) is 0. The zero-order valence-corrected chi connectivity index (χ0v) is 18.3. The van der Waals surface area contributed by atoms with Gasteiger partial charge in [0, 0.05) is 5.56 Å². The topological polar surface area (TPSA) is 0 Å². The van der Waals surface area contributed by atoms with Crippen LogP contribution in [0, 0.1) is 29.6 Å². The third-order valence-corrected chi connectivity index (χ3v) is 7.18. The van der Waals surface area contributed by atoms with Gasteiger partial charge in [0.15, 0.2) is 0 Å². The van der Waals surface area contributed by atoms with Crippen LogP contribution in [0.15, 0.2) is 36.4 Å². The monoisotopic (exact) mass is 376 g/mol. The molecule has 1 aromatic carbocycles. The number of benzene rings is 1. The molecule has 0 aliphatic heterocycles. The second-order valence-electron chi connectivity index (χ2n) is 9.33. The summed E-state index contributed by atoms with van der Waals surface area (Å²) >= 11 is 0. The maximum atomic E-state index is 3.33. The Hall–Kier alpha value is -1.48. The summed E-state index contributed by atoms with van der Waals surface area (Å²) in [6, 6.07) is 9.11. The van der Waals surface area contributed by atoms with Crippen LogP contribution in [0.25, 0.3) is 0 Å². The first-order chi connectivity index (χ1) is 13.8. The summed E-state index contributed by atoms with van der Waals surface area (Å²) in [5.41, 5.74) is 2.68. The molecule has 0 heteroatoms. The van der Waals surface area contributed by atoms with Crippen LogP contribution >= 0.6 is 0 Å². The molecule has 2 aliphatic carbocycles. The van der Waals surface area contributed by atoms with E-state index in [1.54, 1.807) is 0 Å². The lowest BCUT2D eigenvalue weighted by Gasteiger charge is -2.28. The minimum absolute atomic E-state index is 0.757. The molecule has 1 aromatic rings. The standard InChI is InChI=1S/C28H40/c1-3-7-23-11-13-25(14-12-23)9-5-6-10-26-17-21-28(22-18-26)27-19-15-24(8-4-2)16-20-27/h5,9,17-18,21-25,27H,3-4,7-8,11-16,19-20H2,1-2H3/b9-5+/t23-,24-,25-,27-. The molecule has 152 valence electrons. The van der Waals surface area contributed by atoms with Crippen LogP contribution in [0.3, 0.4) is 0 Å². The third kappa shape index (κ3) is 6.55. The minimum Gasteiger partial charge on any atom is -0.0730 e. The van der Waals surface area contributed by atoms with E-state index < -0.39 is 0 Å². The first kappa shape index (κ1) is 21.2. The lowest BCUT2D eigenvalue weighted by atomic mass is 9.77. The van der Waals surface area contributed by atoms with Gasteiger partial charge in [0.05, 0.1) is 0 Å². The van der Waals surface area contributed by atoms with Crippen LogP contribution in [0.2, 0.25) is 0 Å². The molecule has 0 N–H and O–H groups in total. The molecule has 0 heterocycles. The van der Waals surface area contributed by atoms with E-state index >= 15 is 0 Å². The molecule has 0 atom stereocenters. The van der Waals surface area contributed by atoms with Crippen molar-refractivity contribution >= 4 is 0 Å². The molecule has 2 saturated carbocycles. The van der Waals surface area contributed by atoms with Gasteiger partial charge < -0.3 is 0 Å². The van der Waals surface area contributed by atoms with Crippen molar-refractivity contribution in [1.29, 1.82) is 0 Å². The van der Waals surface area contributed by atoms with Gasteiger partial charge in [-0.2, -0.15) is 0 Å². The highest BCUT2D eigenvalue weighted by Gasteiger charge is 2.21. The average molecular weight is 377 g/mol. The van der Waals surface area contributed by atoms with Crippen molar-refractivity contribution in [2.75, 3.05) is 0 Å². The van der Waals surface area contributed by atoms with Crippen molar-refractivity contribution in [3.8, 4) is 11.8 Å². The van der Waals surface area contributed by atoms with Crippen molar-refractivity contribution in [2.24, 2.45) is 17.8 Å². The zero-order chi connectivity index (χ0) is 19.6. The third-order valence-electron chi connectivity index (χ3n) is 7.18. The molecule has 2 aliphatic rings. The van der Waals surface area contributed by atoms with Gasteiger partial charge in [-0.25, -0.2) is 0 Å². The molecule has 0 radical (unpaired) electrons. The average Bonchev–Trinajstić information content (AvgIpc) is 2.74. The van der Waals surface area contributed by atoms with E-state index in [2.05, 4.69) is 62.1 Å². The lowest BCUT2D eigenvalue weighted by molar-refractivity contribution is 0.294. The Bertz CT molecular complexity index is 638. The molecule has 3 rings (SSSR count). The van der Waals surface area contributed by atoms with Gasteiger partial charge in [0.1, 0.15) is 0 Å². The summed E-state index contributed by atoms with van der Waals surface area (Å²) in [6.07, 6.45) is 21.1. The fourth-order valence-corrected chi connectivity index (χ4v) is 5.42. The van der Waals surface area contributed by atoms with E-state index in [4.69, 9.17) is 0 Å². The molecule has 0 bridgehead atoms. The molecule has 0 saturated heterocycles. The predicted molar refractivity (Wildman–Crippen MR) is 122 cm³/mol. The second-order valence-corrected chi connectivity index (χ2v) is 9.33. The summed E-state index contributed by atoms with van der Waals surface area (Å²) in [5.74, 6) is 10.1. The Balaban J connectivity index is 1.44. The Morgan fingerprint density at radius 3 is 1.93 bits per heavy atom. The first-order valence-corrected chi connectivity index (χ1v) is 12.1. The number of allylic oxidation sites excluding steroid dienone is 2. The van der Waals surface area contributed by atoms with E-state index in [0.29, 0.717) is 0 Å². The fourth-order valence-electron chi connectivity index (χ4n) is 5.42. The van der Waals surface area contributed by atoms with Crippen molar-refractivity contribution in [2.45, 2.75) is 96.8 Å². The molecule has 28 heavy (non-hydrogen) atoms. The Morgan fingerprint density at radius 1 is 0.786 bits per heavy atom. The highest BCUT2D eigenvalue weighted by molar-refractivity contribution is 5.39. The summed E-state index contributed by atoms with van der Waals surface area (Å²) in [4.78, 5) is 0. The van der Waals surface area contributed by atoms with E-state index in [-0.39, 0.29) is 0 Å². The predicted octanol–water partition coefficient (Wildman–Crippen LogP) is 8.27. The van der Waals surface area contributed by atoms with Crippen molar-refractivity contribution < 1.29 is 0 Å². The van der Waals surface area contributed by atoms with Crippen molar-refractivity contribution in [1.82, 2.24) is 0 Å². The smallest absolute Gasteiger partial charge is 0.0249 e.